The Labute approximate surface area is 223 Å². The van der Waals surface area contributed by atoms with E-state index >= 15 is 0 Å². The van der Waals surface area contributed by atoms with Crippen LogP contribution in [0.3, 0.4) is 0 Å². The molecule has 0 spiro atoms. The maximum Gasteiger partial charge on any atom is 0.573 e. The van der Waals surface area contributed by atoms with Crippen LogP contribution in [0.5, 0.6) is 5.75 Å². The number of carboxylic acid groups (broad SMARTS) is 1. The fraction of sp³-hybridized carbons (Fsp3) is 0.533. The number of aliphatic imine (C=N–C) groups is 1. The van der Waals surface area contributed by atoms with Gasteiger partial charge in [-0.25, -0.2) is 9.79 Å². The second-order valence-corrected chi connectivity index (χ2v) is 11.0. The van der Waals surface area contributed by atoms with Crippen molar-refractivity contribution in [2.24, 2.45) is 28.7 Å². The number of alkyl halides is 3. The number of ether oxygens (including phenoxy) is 1. The van der Waals surface area contributed by atoms with Gasteiger partial charge in [0.25, 0.3) is 0 Å². The quantitative estimate of drug-likeness (QED) is 0.250. The van der Waals surface area contributed by atoms with Crippen molar-refractivity contribution in [3.8, 4) is 5.75 Å². The van der Waals surface area contributed by atoms with Crippen LogP contribution in [-0.2, 0) is 0 Å². The molecule has 0 saturated heterocycles. The standard InChI is InChI=1S/C30H39F3N2O3/c1-18(2)25-14-9-19(3)15-22(25)7-6-8-28(34-23-10-12-24(13-11-23)38-30(31,32)33)35-27-17-26(29(36)37)20(4)16-21(27)5/h10-13,16-19,22,25H,6-9,14-15H2,1-5H3,(H,34,35)(H,36,37)/t19-,22-,25+/m1/s1. The van der Waals surface area contributed by atoms with E-state index in [2.05, 4.69) is 30.8 Å². The van der Waals surface area contributed by atoms with Gasteiger partial charge >= 0.3 is 12.3 Å². The van der Waals surface area contributed by atoms with E-state index in [9.17, 15) is 23.1 Å². The number of amidine groups is 1. The first-order valence-corrected chi connectivity index (χ1v) is 13.4. The molecule has 0 bridgehead atoms. The van der Waals surface area contributed by atoms with Crippen molar-refractivity contribution in [1.82, 2.24) is 0 Å². The van der Waals surface area contributed by atoms with Gasteiger partial charge in [0, 0.05) is 12.1 Å². The third-order valence-corrected chi connectivity index (χ3v) is 7.55. The first-order chi connectivity index (χ1) is 17.8. The Hall–Kier alpha value is -3.03. The zero-order valence-electron chi connectivity index (χ0n) is 22.9. The molecule has 0 aliphatic heterocycles. The van der Waals surface area contributed by atoms with Crippen LogP contribution in [-0.4, -0.2) is 23.3 Å². The van der Waals surface area contributed by atoms with Crippen LogP contribution in [0, 0.1) is 37.5 Å². The summed E-state index contributed by atoms with van der Waals surface area (Å²) in [6.07, 6.45) is 1.61. The molecule has 0 amide bonds. The summed E-state index contributed by atoms with van der Waals surface area (Å²) in [5.74, 6) is 2.05. The van der Waals surface area contributed by atoms with Gasteiger partial charge in [-0.05, 0) is 105 Å². The number of hydrogen-bond acceptors (Lipinski definition) is 3. The molecule has 1 aliphatic carbocycles. The van der Waals surface area contributed by atoms with Gasteiger partial charge in [0.2, 0.25) is 0 Å². The number of rotatable bonds is 9. The summed E-state index contributed by atoms with van der Waals surface area (Å²) < 4.78 is 41.6. The molecule has 3 rings (SSSR count). The molecule has 0 radical (unpaired) electrons. The van der Waals surface area contributed by atoms with Crippen molar-refractivity contribution >= 4 is 23.2 Å². The number of benzene rings is 2. The Kier molecular flexibility index (Phi) is 9.85. The molecule has 1 fully saturated rings. The van der Waals surface area contributed by atoms with E-state index in [4.69, 9.17) is 4.99 Å². The molecule has 38 heavy (non-hydrogen) atoms. The number of carboxylic acids is 1. The summed E-state index contributed by atoms with van der Waals surface area (Å²) in [4.78, 5) is 16.5. The minimum atomic E-state index is -4.75. The number of aryl methyl sites for hydroxylation is 2. The van der Waals surface area contributed by atoms with E-state index in [0.29, 0.717) is 46.9 Å². The highest BCUT2D eigenvalue weighted by molar-refractivity contribution is 5.98. The molecular weight excluding hydrogens is 493 g/mol. The Morgan fingerprint density at radius 1 is 1.13 bits per heavy atom. The van der Waals surface area contributed by atoms with Gasteiger partial charge < -0.3 is 15.2 Å². The number of hydrogen-bond donors (Lipinski definition) is 2. The van der Waals surface area contributed by atoms with E-state index in [1.165, 1.54) is 43.5 Å². The number of carbonyl (C=O) groups is 1. The monoisotopic (exact) mass is 532 g/mol. The molecule has 1 saturated carbocycles. The third kappa shape index (κ3) is 8.50. The van der Waals surface area contributed by atoms with Crippen molar-refractivity contribution in [3.63, 3.8) is 0 Å². The second kappa shape index (κ2) is 12.7. The van der Waals surface area contributed by atoms with Gasteiger partial charge in [-0.1, -0.05) is 33.3 Å². The predicted octanol–water partition coefficient (Wildman–Crippen LogP) is 8.92. The lowest BCUT2D eigenvalue weighted by atomic mass is 9.68. The lowest BCUT2D eigenvalue weighted by Gasteiger charge is -2.37. The minimum Gasteiger partial charge on any atom is -0.478 e. The van der Waals surface area contributed by atoms with Crippen LogP contribution in [0.4, 0.5) is 24.5 Å². The summed E-state index contributed by atoms with van der Waals surface area (Å²) in [5, 5.41) is 12.8. The van der Waals surface area contributed by atoms with E-state index in [-0.39, 0.29) is 11.3 Å². The average Bonchev–Trinajstić information content (AvgIpc) is 2.80. The zero-order valence-corrected chi connectivity index (χ0v) is 22.9. The third-order valence-electron chi connectivity index (χ3n) is 7.55. The largest absolute Gasteiger partial charge is 0.573 e. The number of nitrogens with zero attached hydrogens (tertiary/aromatic N) is 1. The van der Waals surface area contributed by atoms with Gasteiger partial charge in [0.05, 0.1) is 11.3 Å². The topological polar surface area (TPSA) is 70.9 Å². The molecule has 0 heterocycles. The first kappa shape index (κ1) is 29.5. The normalized spacial score (nSPS) is 20.4. The fourth-order valence-electron chi connectivity index (χ4n) is 5.65. The van der Waals surface area contributed by atoms with E-state index in [1.54, 1.807) is 19.1 Å². The lowest BCUT2D eigenvalue weighted by Crippen LogP contribution is -2.27. The van der Waals surface area contributed by atoms with Crippen molar-refractivity contribution in [3.05, 3.63) is 53.1 Å². The minimum absolute atomic E-state index is 0.193. The van der Waals surface area contributed by atoms with E-state index in [1.807, 2.05) is 6.92 Å². The van der Waals surface area contributed by atoms with Gasteiger partial charge in [-0.15, -0.1) is 13.2 Å². The molecule has 2 aromatic carbocycles. The molecule has 8 heteroatoms. The Morgan fingerprint density at radius 3 is 2.42 bits per heavy atom. The molecular formula is C30H39F3N2O3. The second-order valence-electron chi connectivity index (χ2n) is 11.0. The van der Waals surface area contributed by atoms with Crippen molar-refractivity contribution < 1.29 is 27.8 Å². The summed E-state index contributed by atoms with van der Waals surface area (Å²) >= 11 is 0. The van der Waals surface area contributed by atoms with Crippen LogP contribution < -0.4 is 10.1 Å². The van der Waals surface area contributed by atoms with Crippen molar-refractivity contribution in [2.75, 3.05) is 5.32 Å². The zero-order chi connectivity index (χ0) is 28.0. The SMILES string of the molecule is Cc1cc(C)c(C(=O)O)cc1N=C(CCC[C@@H]1C[C@H](C)CC[C@H]1C(C)C)Nc1ccc(OC(F)(F)F)cc1. The Morgan fingerprint density at radius 2 is 1.82 bits per heavy atom. The van der Waals surface area contributed by atoms with Gasteiger partial charge in [-0.3, -0.25) is 0 Å². The van der Waals surface area contributed by atoms with Crippen LogP contribution in [0.15, 0.2) is 41.4 Å². The van der Waals surface area contributed by atoms with Gasteiger partial charge in [0.1, 0.15) is 11.6 Å². The molecule has 0 aromatic heterocycles. The first-order valence-electron chi connectivity index (χ1n) is 13.4. The van der Waals surface area contributed by atoms with Crippen LogP contribution in [0.25, 0.3) is 0 Å². The highest BCUT2D eigenvalue weighted by Crippen LogP contribution is 2.40. The van der Waals surface area contributed by atoms with E-state index in [0.717, 1.165) is 24.3 Å². The summed E-state index contributed by atoms with van der Waals surface area (Å²) in [6, 6.07) is 8.91. The average molecular weight is 533 g/mol. The number of aromatic carboxylic acids is 1. The van der Waals surface area contributed by atoms with Crippen LogP contribution >= 0.6 is 0 Å². The predicted molar refractivity (Wildman–Crippen MR) is 145 cm³/mol. The maximum atomic E-state index is 12.5. The fourth-order valence-corrected chi connectivity index (χ4v) is 5.65. The van der Waals surface area contributed by atoms with Crippen LogP contribution in [0.1, 0.15) is 80.8 Å². The molecule has 208 valence electrons. The summed E-state index contributed by atoms with van der Waals surface area (Å²) in [7, 11) is 0. The molecule has 1 aliphatic rings. The summed E-state index contributed by atoms with van der Waals surface area (Å²) in [5.41, 5.74) is 2.83. The molecule has 3 atom stereocenters. The number of halogens is 3. The smallest absolute Gasteiger partial charge is 0.478 e. The molecule has 0 unspecified atom stereocenters. The van der Waals surface area contributed by atoms with Gasteiger partial charge in [-0.2, -0.15) is 0 Å². The maximum absolute atomic E-state index is 12.5. The summed E-state index contributed by atoms with van der Waals surface area (Å²) in [6.45, 7) is 10.6. The highest BCUT2D eigenvalue weighted by atomic mass is 19.4. The highest BCUT2D eigenvalue weighted by Gasteiger charge is 2.31. The molecule has 2 aromatic rings. The lowest BCUT2D eigenvalue weighted by molar-refractivity contribution is -0.274. The Balaban J connectivity index is 1.83. The number of anilines is 1. The van der Waals surface area contributed by atoms with Crippen LogP contribution in [0.2, 0.25) is 0 Å². The molecule has 2 N–H and O–H groups in total. The van der Waals surface area contributed by atoms with Crippen molar-refractivity contribution in [1.29, 1.82) is 0 Å². The number of nitrogens with one attached hydrogen (secondary N) is 1. The van der Waals surface area contributed by atoms with E-state index < -0.39 is 12.3 Å². The Bertz CT molecular complexity index is 1130. The van der Waals surface area contributed by atoms with Crippen molar-refractivity contribution in [2.45, 2.75) is 79.5 Å². The van der Waals surface area contributed by atoms with Gasteiger partial charge in [0.15, 0.2) is 0 Å². The molecule has 5 nitrogen and oxygen atoms in total.